The lowest BCUT2D eigenvalue weighted by Crippen LogP contribution is -2.36. The third-order valence-electron chi connectivity index (χ3n) is 4.72. The highest BCUT2D eigenvalue weighted by Gasteiger charge is 2.24. The van der Waals surface area contributed by atoms with Gasteiger partial charge in [0.2, 0.25) is 6.79 Å². The van der Waals surface area contributed by atoms with Crippen molar-refractivity contribution in [1.29, 1.82) is 0 Å². The minimum atomic E-state index is -0.173. The molecule has 0 saturated carbocycles. The molecular weight excluding hydrogens is 442 g/mol. The maximum absolute atomic E-state index is 13.5. The molecule has 31 heavy (non-hydrogen) atoms. The number of amides is 1. The van der Waals surface area contributed by atoms with Crippen LogP contribution < -0.4 is 23.8 Å². The van der Waals surface area contributed by atoms with Gasteiger partial charge in [0.1, 0.15) is 11.5 Å². The van der Waals surface area contributed by atoms with Crippen LogP contribution in [-0.4, -0.2) is 64.0 Å². The van der Waals surface area contributed by atoms with Crippen LogP contribution in [0, 0.1) is 0 Å². The molecule has 1 aliphatic rings. The van der Waals surface area contributed by atoms with Crippen LogP contribution in [0.4, 0.5) is 5.13 Å². The number of thiazole rings is 1. The Balaban J connectivity index is 0.00000272. The number of aromatic nitrogens is 1. The number of fused-ring (bicyclic) bond motifs is 2. The first-order valence-electron chi connectivity index (χ1n) is 9.38. The van der Waals surface area contributed by atoms with Crippen molar-refractivity contribution in [3.8, 4) is 23.0 Å². The van der Waals surface area contributed by atoms with Gasteiger partial charge in [-0.2, -0.15) is 0 Å². The van der Waals surface area contributed by atoms with Gasteiger partial charge in [0.25, 0.3) is 5.91 Å². The Bertz CT molecular complexity index is 1030. The van der Waals surface area contributed by atoms with Crippen LogP contribution in [0.25, 0.3) is 10.2 Å². The van der Waals surface area contributed by atoms with Gasteiger partial charge in [-0.3, -0.25) is 9.69 Å². The summed E-state index contributed by atoms with van der Waals surface area (Å²) in [5, 5.41) is 0.613. The predicted molar refractivity (Wildman–Crippen MR) is 123 cm³/mol. The average Bonchev–Trinajstić information content (AvgIpc) is 3.36. The van der Waals surface area contributed by atoms with E-state index in [4.69, 9.17) is 23.9 Å². The Kier molecular flexibility index (Phi) is 7.09. The zero-order valence-electron chi connectivity index (χ0n) is 17.7. The first kappa shape index (κ1) is 22.9. The van der Waals surface area contributed by atoms with Crippen LogP contribution in [0.2, 0.25) is 0 Å². The topological polar surface area (TPSA) is 73.4 Å². The highest BCUT2D eigenvalue weighted by atomic mass is 35.5. The zero-order valence-corrected chi connectivity index (χ0v) is 19.3. The monoisotopic (exact) mass is 465 g/mol. The van der Waals surface area contributed by atoms with Gasteiger partial charge in [0.05, 0.1) is 24.4 Å². The van der Waals surface area contributed by atoms with E-state index in [1.54, 1.807) is 37.3 Å². The molecule has 2 heterocycles. The van der Waals surface area contributed by atoms with Crippen LogP contribution in [0.1, 0.15) is 10.4 Å². The lowest BCUT2D eigenvalue weighted by atomic mass is 10.1. The van der Waals surface area contributed by atoms with Gasteiger partial charge in [0, 0.05) is 36.9 Å². The second-order valence-electron chi connectivity index (χ2n) is 7.03. The summed E-state index contributed by atoms with van der Waals surface area (Å²) in [4.78, 5) is 21.9. The highest BCUT2D eigenvalue weighted by molar-refractivity contribution is 7.22. The molecule has 3 aromatic rings. The van der Waals surface area contributed by atoms with E-state index in [-0.39, 0.29) is 25.1 Å². The van der Waals surface area contributed by atoms with Crippen molar-refractivity contribution in [2.45, 2.75) is 0 Å². The van der Waals surface area contributed by atoms with Crippen LogP contribution in [0.5, 0.6) is 23.0 Å². The summed E-state index contributed by atoms with van der Waals surface area (Å²) in [7, 11) is 7.05. The summed E-state index contributed by atoms with van der Waals surface area (Å²) in [6.07, 6.45) is 0. The minimum absolute atomic E-state index is 0. The van der Waals surface area contributed by atoms with E-state index in [0.717, 1.165) is 10.2 Å². The Morgan fingerprint density at radius 1 is 1.03 bits per heavy atom. The molecule has 0 unspecified atom stereocenters. The quantitative estimate of drug-likeness (QED) is 0.527. The van der Waals surface area contributed by atoms with Gasteiger partial charge in [-0.25, -0.2) is 4.98 Å². The number of hydrogen-bond acceptors (Lipinski definition) is 8. The van der Waals surface area contributed by atoms with Crippen LogP contribution in [0.3, 0.4) is 0 Å². The predicted octanol–water partition coefficient (Wildman–Crippen LogP) is 3.67. The summed E-state index contributed by atoms with van der Waals surface area (Å²) >= 11 is 1.44. The van der Waals surface area contributed by atoms with Crippen LogP contribution in [-0.2, 0) is 0 Å². The molecule has 2 aromatic carbocycles. The molecule has 0 radical (unpaired) electrons. The molecule has 8 nitrogen and oxygen atoms in total. The van der Waals surface area contributed by atoms with Crippen molar-refractivity contribution in [1.82, 2.24) is 9.88 Å². The second kappa shape index (κ2) is 9.59. The number of likely N-dealkylation sites (N-methyl/N-ethyl adjacent to an activating group) is 1. The SMILES string of the molecule is COc1cc(OC)cc(C(=O)N(CCN(C)C)c2nc3cc4c(cc3s2)OCO4)c1.Cl. The number of hydrogen-bond donors (Lipinski definition) is 0. The van der Waals surface area contributed by atoms with Gasteiger partial charge in [-0.05, 0) is 26.2 Å². The average molecular weight is 466 g/mol. The normalized spacial score (nSPS) is 12.0. The number of carbonyl (C=O) groups excluding carboxylic acids is 1. The first-order chi connectivity index (χ1) is 14.5. The molecule has 10 heteroatoms. The Hall–Kier alpha value is -2.75. The second-order valence-corrected chi connectivity index (χ2v) is 8.04. The lowest BCUT2D eigenvalue weighted by molar-refractivity contribution is 0.0984. The summed E-state index contributed by atoms with van der Waals surface area (Å²) in [6.45, 7) is 1.38. The molecular formula is C21H24ClN3O5S. The minimum Gasteiger partial charge on any atom is -0.497 e. The zero-order chi connectivity index (χ0) is 21.3. The maximum atomic E-state index is 13.5. The van der Waals surface area contributed by atoms with Crippen molar-refractivity contribution in [2.75, 3.05) is 53.1 Å². The molecule has 0 aliphatic carbocycles. The standard InChI is InChI=1S/C21H23N3O5S.ClH/c1-23(2)5-6-24(20(25)13-7-14(26-3)9-15(8-13)27-4)21-22-16-10-17-18(29-12-28-17)11-19(16)30-21;/h7-11H,5-6,12H2,1-4H3;1H. The molecule has 4 rings (SSSR count). The smallest absolute Gasteiger partial charge is 0.260 e. The number of rotatable bonds is 7. The molecule has 0 atom stereocenters. The van der Waals surface area contributed by atoms with Crippen LogP contribution >= 0.6 is 23.7 Å². The number of nitrogens with zero attached hydrogens (tertiary/aromatic N) is 3. The number of anilines is 1. The van der Waals surface area contributed by atoms with E-state index < -0.39 is 0 Å². The Labute approximate surface area is 190 Å². The summed E-state index contributed by atoms with van der Waals surface area (Å²) in [6, 6.07) is 8.90. The van der Waals surface area contributed by atoms with E-state index in [1.807, 2.05) is 31.1 Å². The number of ether oxygens (including phenoxy) is 4. The van der Waals surface area contributed by atoms with E-state index in [1.165, 1.54) is 11.3 Å². The molecule has 1 aromatic heterocycles. The summed E-state index contributed by atoms with van der Waals surface area (Å²) in [5.74, 6) is 2.30. The molecule has 0 saturated heterocycles. The fourth-order valence-corrected chi connectivity index (χ4v) is 4.09. The van der Waals surface area contributed by atoms with E-state index >= 15 is 0 Å². The van der Waals surface area contributed by atoms with Gasteiger partial charge in [-0.1, -0.05) is 11.3 Å². The van der Waals surface area contributed by atoms with Crippen molar-refractivity contribution in [3.05, 3.63) is 35.9 Å². The number of benzene rings is 2. The van der Waals surface area contributed by atoms with E-state index in [9.17, 15) is 4.79 Å². The van der Waals surface area contributed by atoms with Gasteiger partial charge in [-0.15, -0.1) is 12.4 Å². The number of halogens is 1. The lowest BCUT2D eigenvalue weighted by Gasteiger charge is -2.22. The highest BCUT2D eigenvalue weighted by Crippen LogP contribution is 2.40. The van der Waals surface area contributed by atoms with Crippen molar-refractivity contribution >= 4 is 45.0 Å². The number of carbonyl (C=O) groups is 1. The molecule has 1 aliphatic heterocycles. The molecule has 0 N–H and O–H groups in total. The third kappa shape index (κ3) is 4.79. The largest absolute Gasteiger partial charge is 0.497 e. The molecule has 0 bridgehead atoms. The van der Waals surface area contributed by atoms with Crippen LogP contribution in [0.15, 0.2) is 30.3 Å². The summed E-state index contributed by atoms with van der Waals surface area (Å²) < 4.78 is 22.5. The Morgan fingerprint density at radius 3 is 2.29 bits per heavy atom. The fourth-order valence-electron chi connectivity index (χ4n) is 3.09. The van der Waals surface area contributed by atoms with Gasteiger partial charge >= 0.3 is 0 Å². The molecule has 1 amide bonds. The third-order valence-corrected chi connectivity index (χ3v) is 5.76. The van der Waals surface area contributed by atoms with Crippen molar-refractivity contribution in [3.63, 3.8) is 0 Å². The molecule has 166 valence electrons. The first-order valence-corrected chi connectivity index (χ1v) is 10.2. The summed E-state index contributed by atoms with van der Waals surface area (Å²) in [5.41, 5.74) is 1.24. The van der Waals surface area contributed by atoms with E-state index in [0.29, 0.717) is 46.8 Å². The van der Waals surface area contributed by atoms with Crippen molar-refractivity contribution in [2.24, 2.45) is 0 Å². The van der Waals surface area contributed by atoms with Gasteiger partial charge in [0.15, 0.2) is 16.6 Å². The Morgan fingerprint density at radius 2 is 1.68 bits per heavy atom. The van der Waals surface area contributed by atoms with Crippen molar-refractivity contribution < 1.29 is 23.7 Å². The fraction of sp³-hybridized carbons (Fsp3) is 0.333. The maximum Gasteiger partial charge on any atom is 0.260 e. The molecule has 0 spiro atoms. The van der Waals surface area contributed by atoms with E-state index in [2.05, 4.69) is 0 Å². The molecule has 0 fully saturated rings. The van der Waals surface area contributed by atoms with Gasteiger partial charge < -0.3 is 23.8 Å². The number of methoxy groups -OCH3 is 2.